The summed E-state index contributed by atoms with van der Waals surface area (Å²) in [5.41, 5.74) is 3.33. The van der Waals surface area contributed by atoms with Crippen molar-refractivity contribution in [3.05, 3.63) is 28.8 Å². The third-order valence-corrected chi connectivity index (χ3v) is 3.95. The highest BCUT2D eigenvalue weighted by atomic mass is 16.3. The number of nitrogens with one attached hydrogen (secondary N) is 1. The van der Waals surface area contributed by atoms with Crippen LogP contribution in [0.15, 0.2) is 12.1 Å². The van der Waals surface area contributed by atoms with Gasteiger partial charge < -0.3 is 15.3 Å². The minimum atomic E-state index is 0.501. The number of hydrogen-bond donors (Lipinski definition) is 2. The first-order valence-corrected chi connectivity index (χ1v) is 7.26. The molecule has 2 rings (SSSR count). The number of piperidine rings is 1. The van der Waals surface area contributed by atoms with Crippen LogP contribution in [0.25, 0.3) is 0 Å². The Morgan fingerprint density at radius 3 is 2.74 bits per heavy atom. The highest BCUT2D eigenvalue weighted by Crippen LogP contribution is 2.28. The molecule has 1 saturated heterocycles. The van der Waals surface area contributed by atoms with Crippen molar-refractivity contribution in [1.29, 1.82) is 0 Å². The molecule has 0 saturated carbocycles. The fourth-order valence-electron chi connectivity index (χ4n) is 2.83. The topological polar surface area (TPSA) is 35.5 Å². The predicted octanol–water partition coefficient (Wildman–Crippen LogP) is 2.45. The van der Waals surface area contributed by atoms with Gasteiger partial charge in [0.05, 0.1) is 0 Å². The molecule has 1 aromatic carbocycles. The quantitative estimate of drug-likeness (QED) is 0.875. The van der Waals surface area contributed by atoms with Crippen LogP contribution in [0.5, 0.6) is 5.75 Å². The number of aromatic hydroxyl groups is 1. The Bertz CT molecular complexity index is 423. The van der Waals surface area contributed by atoms with Crippen LogP contribution in [0.3, 0.4) is 0 Å². The summed E-state index contributed by atoms with van der Waals surface area (Å²) in [5.74, 6) is 0.501. The molecule has 1 aliphatic heterocycles. The van der Waals surface area contributed by atoms with Gasteiger partial charge in [-0.25, -0.2) is 0 Å². The Morgan fingerprint density at radius 1 is 1.32 bits per heavy atom. The molecule has 3 heteroatoms. The molecule has 0 radical (unpaired) electrons. The number of hydrogen-bond acceptors (Lipinski definition) is 3. The number of aryl methyl sites for hydroxylation is 1. The molecule has 1 heterocycles. The fourth-order valence-corrected chi connectivity index (χ4v) is 2.83. The lowest BCUT2D eigenvalue weighted by molar-refractivity contribution is 0.374. The molecule has 0 amide bonds. The molecule has 1 fully saturated rings. The Balaban J connectivity index is 2.16. The summed E-state index contributed by atoms with van der Waals surface area (Å²) in [6.07, 6.45) is 4.74. The average molecular weight is 262 g/mol. The second-order valence-corrected chi connectivity index (χ2v) is 5.96. The van der Waals surface area contributed by atoms with E-state index in [1.165, 1.54) is 24.8 Å². The smallest absolute Gasteiger partial charge is 0.123 e. The van der Waals surface area contributed by atoms with Crippen LogP contribution in [0.1, 0.15) is 36.0 Å². The normalized spacial score (nSPS) is 19.9. The molecule has 0 spiro atoms. The molecule has 2 N–H and O–H groups in total. The number of rotatable bonds is 4. The molecule has 1 aliphatic rings. The van der Waals surface area contributed by atoms with E-state index in [-0.39, 0.29) is 0 Å². The Morgan fingerprint density at radius 2 is 2.11 bits per heavy atom. The Labute approximate surface area is 116 Å². The van der Waals surface area contributed by atoms with Crippen molar-refractivity contribution in [2.24, 2.45) is 0 Å². The number of phenols is 1. The summed E-state index contributed by atoms with van der Waals surface area (Å²) in [7, 11) is 4.07. The lowest BCUT2D eigenvalue weighted by atomic mass is 9.94. The molecule has 1 unspecified atom stereocenters. The molecule has 0 aliphatic carbocycles. The Hall–Kier alpha value is -1.06. The first kappa shape index (κ1) is 14.4. The van der Waals surface area contributed by atoms with Crippen molar-refractivity contribution in [3.63, 3.8) is 0 Å². The summed E-state index contributed by atoms with van der Waals surface area (Å²) >= 11 is 0. The zero-order valence-corrected chi connectivity index (χ0v) is 12.4. The maximum Gasteiger partial charge on any atom is 0.123 e. The molecule has 19 heavy (non-hydrogen) atoms. The first-order chi connectivity index (χ1) is 9.08. The summed E-state index contributed by atoms with van der Waals surface area (Å²) in [4.78, 5) is 2.10. The third-order valence-electron chi connectivity index (χ3n) is 3.95. The van der Waals surface area contributed by atoms with Gasteiger partial charge in [-0.3, -0.25) is 0 Å². The Kier molecular flexibility index (Phi) is 4.83. The molecule has 0 bridgehead atoms. The average Bonchev–Trinajstić information content (AvgIpc) is 2.39. The highest BCUT2D eigenvalue weighted by Gasteiger charge is 2.17. The van der Waals surface area contributed by atoms with Crippen LogP contribution in [-0.4, -0.2) is 36.7 Å². The van der Waals surface area contributed by atoms with Crippen LogP contribution >= 0.6 is 0 Å². The van der Waals surface area contributed by atoms with Crippen molar-refractivity contribution in [2.75, 3.05) is 20.6 Å². The third kappa shape index (κ3) is 3.71. The molecule has 3 nitrogen and oxygen atoms in total. The predicted molar refractivity (Wildman–Crippen MR) is 79.6 cm³/mol. The van der Waals surface area contributed by atoms with E-state index in [0.717, 1.165) is 30.6 Å². The highest BCUT2D eigenvalue weighted by molar-refractivity contribution is 5.45. The van der Waals surface area contributed by atoms with Crippen LogP contribution < -0.4 is 5.32 Å². The molecular formula is C16H26N2O. The molecular weight excluding hydrogens is 236 g/mol. The van der Waals surface area contributed by atoms with Crippen LogP contribution in [0.2, 0.25) is 0 Å². The SMILES string of the molecule is Cc1ccc(CC2CCCCN2)c(O)c1CN(C)C. The van der Waals surface area contributed by atoms with Gasteiger partial charge in [0.1, 0.15) is 5.75 Å². The van der Waals surface area contributed by atoms with E-state index >= 15 is 0 Å². The first-order valence-electron chi connectivity index (χ1n) is 7.26. The van der Waals surface area contributed by atoms with Crippen molar-refractivity contribution < 1.29 is 5.11 Å². The second-order valence-electron chi connectivity index (χ2n) is 5.96. The number of benzene rings is 1. The van der Waals surface area contributed by atoms with Crippen molar-refractivity contribution in [2.45, 2.75) is 45.2 Å². The van der Waals surface area contributed by atoms with Crippen LogP contribution in [0.4, 0.5) is 0 Å². The van der Waals surface area contributed by atoms with Crippen LogP contribution in [0, 0.1) is 6.92 Å². The van der Waals surface area contributed by atoms with Gasteiger partial charge in [0, 0.05) is 18.2 Å². The zero-order chi connectivity index (χ0) is 13.8. The van der Waals surface area contributed by atoms with E-state index in [0.29, 0.717) is 11.8 Å². The molecule has 106 valence electrons. The summed E-state index contributed by atoms with van der Waals surface area (Å²) in [5, 5.41) is 14.0. The van der Waals surface area contributed by atoms with Crippen molar-refractivity contribution in [3.8, 4) is 5.75 Å². The number of phenolic OH excluding ortho intramolecular Hbond substituents is 1. The van der Waals surface area contributed by atoms with Crippen LogP contribution in [-0.2, 0) is 13.0 Å². The fraction of sp³-hybridized carbons (Fsp3) is 0.625. The van der Waals surface area contributed by atoms with Gasteiger partial charge in [-0.15, -0.1) is 0 Å². The summed E-state index contributed by atoms with van der Waals surface area (Å²) < 4.78 is 0. The summed E-state index contributed by atoms with van der Waals surface area (Å²) in [6, 6.07) is 4.74. The van der Waals surface area contributed by atoms with Gasteiger partial charge >= 0.3 is 0 Å². The van der Waals surface area contributed by atoms with Gasteiger partial charge in [0.2, 0.25) is 0 Å². The van der Waals surface area contributed by atoms with Gasteiger partial charge in [-0.1, -0.05) is 18.6 Å². The molecule has 0 aromatic heterocycles. The van der Waals surface area contributed by atoms with Gasteiger partial charge in [0.25, 0.3) is 0 Å². The molecule has 1 aromatic rings. The van der Waals surface area contributed by atoms with E-state index in [1.54, 1.807) is 0 Å². The standard InChI is InChI=1S/C16H26N2O/c1-12-7-8-13(10-14-6-4-5-9-17-14)16(19)15(12)11-18(2)3/h7-8,14,17,19H,4-6,9-11H2,1-3H3. The molecule has 1 atom stereocenters. The van der Waals surface area contributed by atoms with Gasteiger partial charge in [-0.05, 0) is 58.0 Å². The van der Waals surface area contributed by atoms with Gasteiger partial charge in [-0.2, -0.15) is 0 Å². The second kappa shape index (κ2) is 6.40. The maximum absolute atomic E-state index is 10.5. The van der Waals surface area contributed by atoms with Crippen molar-refractivity contribution >= 4 is 0 Å². The van der Waals surface area contributed by atoms with E-state index in [2.05, 4.69) is 29.3 Å². The van der Waals surface area contributed by atoms with E-state index in [1.807, 2.05) is 14.1 Å². The van der Waals surface area contributed by atoms with E-state index in [9.17, 15) is 5.11 Å². The number of nitrogens with zero attached hydrogens (tertiary/aromatic N) is 1. The van der Waals surface area contributed by atoms with E-state index < -0.39 is 0 Å². The lowest BCUT2D eigenvalue weighted by Crippen LogP contribution is -2.35. The monoisotopic (exact) mass is 262 g/mol. The largest absolute Gasteiger partial charge is 0.507 e. The minimum Gasteiger partial charge on any atom is -0.507 e. The summed E-state index contributed by atoms with van der Waals surface area (Å²) in [6.45, 7) is 3.98. The zero-order valence-electron chi connectivity index (χ0n) is 12.4. The van der Waals surface area contributed by atoms with Gasteiger partial charge in [0.15, 0.2) is 0 Å². The van der Waals surface area contributed by atoms with Crippen molar-refractivity contribution in [1.82, 2.24) is 10.2 Å². The maximum atomic E-state index is 10.5. The minimum absolute atomic E-state index is 0.501. The lowest BCUT2D eigenvalue weighted by Gasteiger charge is -2.24. The van der Waals surface area contributed by atoms with E-state index in [4.69, 9.17) is 0 Å².